The lowest BCUT2D eigenvalue weighted by atomic mass is 10.1. The molecular formula is C16H26N2. The molecule has 0 aromatic heterocycles. The van der Waals surface area contributed by atoms with Crippen molar-refractivity contribution in [2.75, 3.05) is 18.0 Å². The van der Waals surface area contributed by atoms with Gasteiger partial charge in [-0.25, -0.2) is 0 Å². The molecule has 1 aliphatic rings. The highest BCUT2D eigenvalue weighted by Gasteiger charge is 2.29. The Kier molecular flexibility index (Phi) is 4.65. The Bertz CT molecular complexity index is 352. The van der Waals surface area contributed by atoms with Crippen LogP contribution < -0.4 is 10.2 Å². The molecule has 1 aromatic rings. The maximum Gasteiger partial charge on any atom is 0.0368 e. The zero-order chi connectivity index (χ0) is 13.0. The average Bonchev–Trinajstić information content (AvgIpc) is 3.18. The normalized spacial score (nSPS) is 15.1. The summed E-state index contributed by atoms with van der Waals surface area (Å²) in [6, 6.07) is 9.88. The van der Waals surface area contributed by atoms with Crippen LogP contribution in [-0.2, 0) is 6.54 Å². The smallest absolute Gasteiger partial charge is 0.0368 e. The highest BCUT2D eigenvalue weighted by molar-refractivity contribution is 5.49. The monoisotopic (exact) mass is 246 g/mol. The van der Waals surface area contributed by atoms with E-state index in [-0.39, 0.29) is 0 Å². The molecule has 0 heterocycles. The van der Waals surface area contributed by atoms with Crippen molar-refractivity contribution in [1.29, 1.82) is 0 Å². The second kappa shape index (κ2) is 6.24. The number of rotatable bonds is 7. The zero-order valence-electron chi connectivity index (χ0n) is 11.9. The van der Waals surface area contributed by atoms with E-state index >= 15 is 0 Å². The molecule has 2 heteroatoms. The van der Waals surface area contributed by atoms with Gasteiger partial charge in [-0.3, -0.25) is 0 Å². The summed E-state index contributed by atoms with van der Waals surface area (Å²) in [5, 5.41) is 3.37. The van der Waals surface area contributed by atoms with Crippen molar-refractivity contribution in [2.24, 2.45) is 5.92 Å². The van der Waals surface area contributed by atoms with E-state index in [1.165, 1.54) is 30.6 Å². The van der Waals surface area contributed by atoms with E-state index in [9.17, 15) is 0 Å². The topological polar surface area (TPSA) is 15.3 Å². The van der Waals surface area contributed by atoms with Crippen molar-refractivity contribution in [3.05, 3.63) is 29.8 Å². The van der Waals surface area contributed by atoms with Gasteiger partial charge >= 0.3 is 0 Å². The fraction of sp³-hybridized carbons (Fsp3) is 0.625. The largest absolute Gasteiger partial charge is 0.368 e. The van der Waals surface area contributed by atoms with E-state index in [2.05, 4.69) is 55.3 Å². The second-order valence-electron chi connectivity index (χ2n) is 5.72. The van der Waals surface area contributed by atoms with Crippen molar-refractivity contribution in [1.82, 2.24) is 5.32 Å². The van der Waals surface area contributed by atoms with Gasteiger partial charge in [0.25, 0.3) is 0 Å². The second-order valence-corrected chi connectivity index (χ2v) is 5.72. The molecule has 0 bridgehead atoms. The predicted molar refractivity (Wildman–Crippen MR) is 79.0 cm³/mol. The highest BCUT2D eigenvalue weighted by atomic mass is 15.2. The third-order valence-electron chi connectivity index (χ3n) is 3.40. The van der Waals surface area contributed by atoms with Gasteiger partial charge in [0.2, 0.25) is 0 Å². The minimum atomic E-state index is 0.729. The molecule has 0 aliphatic heterocycles. The molecule has 100 valence electrons. The van der Waals surface area contributed by atoms with Crippen LogP contribution in [0.15, 0.2) is 24.3 Å². The van der Waals surface area contributed by atoms with E-state index in [0.29, 0.717) is 0 Å². The lowest BCUT2D eigenvalue weighted by molar-refractivity contribution is 0.607. The molecule has 0 unspecified atom stereocenters. The molecule has 0 amide bonds. The van der Waals surface area contributed by atoms with Crippen molar-refractivity contribution in [2.45, 2.75) is 46.2 Å². The Morgan fingerprint density at radius 3 is 2.39 bits per heavy atom. The van der Waals surface area contributed by atoms with Crippen LogP contribution in [0, 0.1) is 5.92 Å². The van der Waals surface area contributed by atoms with Crippen molar-refractivity contribution < 1.29 is 0 Å². The van der Waals surface area contributed by atoms with Gasteiger partial charge in [-0.1, -0.05) is 32.9 Å². The first-order valence-corrected chi connectivity index (χ1v) is 7.27. The SMILES string of the molecule is CCNCc1ccc(N(CC(C)C)C2CC2)cc1. The zero-order valence-corrected chi connectivity index (χ0v) is 11.9. The van der Waals surface area contributed by atoms with Crippen LogP contribution in [0.4, 0.5) is 5.69 Å². The molecule has 2 rings (SSSR count). The third kappa shape index (κ3) is 3.74. The Morgan fingerprint density at radius 1 is 1.22 bits per heavy atom. The Balaban J connectivity index is 2.01. The number of anilines is 1. The molecule has 0 saturated heterocycles. The van der Waals surface area contributed by atoms with Crippen LogP contribution in [-0.4, -0.2) is 19.1 Å². The summed E-state index contributed by atoms with van der Waals surface area (Å²) in [5.74, 6) is 0.729. The molecule has 1 fully saturated rings. The Morgan fingerprint density at radius 2 is 1.89 bits per heavy atom. The first-order chi connectivity index (χ1) is 8.70. The van der Waals surface area contributed by atoms with Gasteiger partial charge in [-0.15, -0.1) is 0 Å². The van der Waals surface area contributed by atoms with E-state index in [0.717, 1.165) is 25.0 Å². The van der Waals surface area contributed by atoms with E-state index in [1.807, 2.05) is 0 Å². The van der Waals surface area contributed by atoms with E-state index < -0.39 is 0 Å². The maximum absolute atomic E-state index is 3.37. The van der Waals surface area contributed by atoms with Crippen LogP contribution in [0.2, 0.25) is 0 Å². The molecule has 1 aliphatic carbocycles. The first-order valence-electron chi connectivity index (χ1n) is 7.27. The molecule has 0 radical (unpaired) electrons. The summed E-state index contributed by atoms with van der Waals surface area (Å²) >= 11 is 0. The summed E-state index contributed by atoms with van der Waals surface area (Å²) in [6.45, 7) is 9.93. The van der Waals surface area contributed by atoms with E-state index in [4.69, 9.17) is 0 Å². The lowest BCUT2D eigenvalue weighted by Gasteiger charge is -2.27. The summed E-state index contributed by atoms with van der Waals surface area (Å²) in [5.41, 5.74) is 2.77. The van der Waals surface area contributed by atoms with E-state index in [1.54, 1.807) is 0 Å². The van der Waals surface area contributed by atoms with Gasteiger partial charge in [0, 0.05) is 24.8 Å². The quantitative estimate of drug-likeness (QED) is 0.793. The highest BCUT2D eigenvalue weighted by Crippen LogP contribution is 2.32. The van der Waals surface area contributed by atoms with Crippen molar-refractivity contribution >= 4 is 5.69 Å². The predicted octanol–water partition coefficient (Wildman–Crippen LogP) is 3.42. The molecule has 1 N–H and O–H groups in total. The summed E-state index contributed by atoms with van der Waals surface area (Å²) in [7, 11) is 0. The summed E-state index contributed by atoms with van der Waals surface area (Å²) < 4.78 is 0. The van der Waals surface area contributed by atoms with Crippen LogP contribution >= 0.6 is 0 Å². The molecular weight excluding hydrogens is 220 g/mol. The van der Waals surface area contributed by atoms with Crippen LogP contribution in [0.5, 0.6) is 0 Å². The Hall–Kier alpha value is -1.02. The fourth-order valence-corrected chi connectivity index (χ4v) is 2.32. The molecule has 0 atom stereocenters. The Labute approximate surface area is 111 Å². The first kappa shape index (κ1) is 13.4. The van der Waals surface area contributed by atoms with Gasteiger partial charge in [-0.2, -0.15) is 0 Å². The molecule has 1 aromatic carbocycles. The van der Waals surface area contributed by atoms with Gasteiger partial charge in [0.05, 0.1) is 0 Å². The fourth-order valence-electron chi connectivity index (χ4n) is 2.32. The molecule has 0 spiro atoms. The molecule has 1 saturated carbocycles. The minimum Gasteiger partial charge on any atom is -0.368 e. The standard InChI is InChI=1S/C16H26N2/c1-4-17-11-14-5-7-15(8-6-14)18(12-13(2)3)16-9-10-16/h5-8,13,16-17H,4,9-12H2,1-3H3. The van der Waals surface area contributed by atoms with Crippen LogP contribution in [0.3, 0.4) is 0 Å². The maximum atomic E-state index is 3.37. The molecule has 18 heavy (non-hydrogen) atoms. The molecule has 2 nitrogen and oxygen atoms in total. The van der Waals surface area contributed by atoms with Gasteiger partial charge in [0.1, 0.15) is 0 Å². The van der Waals surface area contributed by atoms with Crippen LogP contribution in [0.25, 0.3) is 0 Å². The van der Waals surface area contributed by atoms with Gasteiger partial charge < -0.3 is 10.2 Å². The lowest BCUT2D eigenvalue weighted by Crippen LogP contribution is -2.29. The third-order valence-corrected chi connectivity index (χ3v) is 3.40. The van der Waals surface area contributed by atoms with Gasteiger partial charge in [-0.05, 0) is 43.0 Å². The number of hydrogen-bond acceptors (Lipinski definition) is 2. The van der Waals surface area contributed by atoms with Crippen LogP contribution in [0.1, 0.15) is 39.2 Å². The average molecular weight is 246 g/mol. The minimum absolute atomic E-state index is 0.729. The number of nitrogens with one attached hydrogen (secondary N) is 1. The van der Waals surface area contributed by atoms with Crippen molar-refractivity contribution in [3.8, 4) is 0 Å². The van der Waals surface area contributed by atoms with Crippen molar-refractivity contribution in [3.63, 3.8) is 0 Å². The number of nitrogens with zero attached hydrogens (tertiary/aromatic N) is 1. The number of hydrogen-bond donors (Lipinski definition) is 1. The van der Waals surface area contributed by atoms with Gasteiger partial charge in [0.15, 0.2) is 0 Å². The summed E-state index contributed by atoms with van der Waals surface area (Å²) in [6.07, 6.45) is 2.73. The summed E-state index contributed by atoms with van der Waals surface area (Å²) in [4.78, 5) is 2.59. The number of benzene rings is 1.